The lowest BCUT2D eigenvalue weighted by Crippen LogP contribution is -2.10. The Morgan fingerprint density at radius 1 is 1.18 bits per heavy atom. The van der Waals surface area contributed by atoms with Gasteiger partial charge in [0, 0.05) is 30.4 Å². The van der Waals surface area contributed by atoms with E-state index in [2.05, 4.69) is 41.1 Å². The number of ether oxygens (including phenoxy) is 1. The van der Waals surface area contributed by atoms with Crippen molar-refractivity contribution in [2.24, 2.45) is 0 Å². The predicted octanol–water partition coefficient (Wildman–Crippen LogP) is 4.09. The Morgan fingerprint density at radius 3 is 2.77 bits per heavy atom. The summed E-state index contributed by atoms with van der Waals surface area (Å²) in [6.45, 7) is 6.06. The lowest BCUT2D eigenvalue weighted by Gasteiger charge is -2.07. The Kier molecular flexibility index (Phi) is 7.56. The first-order chi connectivity index (χ1) is 10.9. The molecule has 1 heterocycles. The summed E-state index contributed by atoms with van der Waals surface area (Å²) < 4.78 is 5.61. The number of hydrogen-bond donors (Lipinski definition) is 1. The van der Waals surface area contributed by atoms with Crippen molar-refractivity contribution in [3.05, 3.63) is 66.5 Å². The number of thioether (sulfide) groups is 1. The summed E-state index contributed by atoms with van der Waals surface area (Å²) in [5, 5.41) is 3.27. The molecule has 4 heteroatoms. The molecule has 0 atom stereocenters. The normalized spacial score (nSPS) is 10.4. The van der Waals surface area contributed by atoms with Gasteiger partial charge in [-0.2, -0.15) is 11.8 Å². The number of nitrogens with one attached hydrogen (secondary N) is 1. The molecule has 116 valence electrons. The fourth-order valence-corrected chi connectivity index (χ4v) is 2.70. The molecule has 1 aromatic heterocycles. The van der Waals surface area contributed by atoms with Gasteiger partial charge in [0.25, 0.3) is 0 Å². The maximum Gasteiger partial charge on any atom is 0.0639 e. The minimum absolute atomic E-state index is 0.712. The van der Waals surface area contributed by atoms with E-state index in [9.17, 15) is 0 Å². The molecule has 0 aliphatic heterocycles. The third-order valence-corrected chi connectivity index (χ3v) is 4.09. The monoisotopic (exact) mass is 314 g/mol. The molecule has 0 radical (unpaired) electrons. The Hall–Kier alpha value is -1.78. The fourth-order valence-electron chi connectivity index (χ4n) is 1.89. The molecule has 2 aromatic rings. The van der Waals surface area contributed by atoms with Crippen molar-refractivity contribution in [2.75, 3.05) is 30.8 Å². The first-order valence-corrected chi connectivity index (χ1v) is 8.55. The van der Waals surface area contributed by atoms with E-state index in [1.807, 2.05) is 36.2 Å². The third kappa shape index (κ3) is 6.33. The van der Waals surface area contributed by atoms with E-state index in [1.54, 1.807) is 6.20 Å². The van der Waals surface area contributed by atoms with Crippen LogP contribution in [0.15, 0.2) is 55.4 Å². The van der Waals surface area contributed by atoms with E-state index in [1.165, 1.54) is 5.56 Å². The third-order valence-electron chi connectivity index (χ3n) is 3.09. The van der Waals surface area contributed by atoms with Gasteiger partial charge in [0.1, 0.15) is 0 Å². The quantitative estimate of drug-likeness (QED) is 0.670. The lowest BCUT2D eigenvalue weighted by molar-refractivity contribution is 0.160. The first kappa shape index (κ1) is 16.6. The van der Waals surface area contributed by atoms with Crippen molar-refractivity contribution in [3.8, 4) is 0 Å². The average molecular weight is 314 g/mol. The zero-order valence-corrected chi connectivity index (χ0v) is 13.5. The second-order valence-corrected chi connectivity index (χ2v) is 5.88. The van der Waals surface area contributed by atoms with E-state index in [0.717, 1.165) is 35.9 Å². The van der Waals surface area contributed by atoms with Crippen molar-refractivity contribution >= 4 is 23.5 Å². The Balaban J connectivity index is 1.48. The smallest absolute Gasteiger partial charge is 0.0639 e. The van der Waals surface area contributed by atoms with Crippen molar-refractivity contribution in [2.45, 2.75) is 5.75 Å². The van der Waals surface area contributed by atoms with Crippen molar-refractivity contribution in [3.63, 3.8) is 0 Å². The van der Waals surface area contributed by atoms with Gasteiger partial charge >= 0.3 is 0 Å². The molecule has 22 heavy (non-hydrogen) atoms. The Labute approximate surface area is 136 Å². The van der Waals surface area contributed by atoms with Crippen LogP contribution >= 0.6 is 11.8 Å². The SMILES string of the molecule is C=Cc1ccc(CSCCOCCNc2cccnc2)cc1. The summed E-state index contributed by atoms with van der Waals surface area (Å²) in [6.07, 6.45) is 5.45. The number of nitrogens with zero attached hydrogens (tertiary/aromatic N) is 1. The van der Waals surface area contributed by atoms with E-state index in [4.69, 9.17) is 4.74 Å². The highest BCUT2D eigenvalue weighted by atomic mass is 32.2. The van der Waals surface area contributed by atoms with Gasteiger partial charge in [-0.05, 0) is 23.3 Å². The van der Waals surface area contributed by atoms with Gasteiger partial charge in [0.05, 0.1) is 18.9 Å². The summed E-state index contributed by atoms with van der Waals surface area (Å²) in [4.78, 5) is 4.05. The summed E-state index contributed by atoms with van der Waals surface area (Å²) in [5.74, 6) is 2.03. The van der Waals surface area contributed by atoms with Gasteiger partial charge in [-0.25, -0.2) is 0 Å². The lowest BCUT2D eigenvalue weighted by atomic mass is 10.1. The summed E-state index contributed by atoms with van der Waals surface area (Å²) >= 11 is 1.89. The second-order valence-electron chi connectivity index (χ2n) is 4.78. The van der Waals surface area contributed by atoms with E-state index >= 15 is 0 Å². The molecule has 1 aromatic carbocycles. The molecule has 0 aliphatic carbocycles. The molecule has 0 amide bonds. The number of aromatic nitrogens is 1. The molecule has 0 saturated carbocycles. The van der Waals surface area contributed by atoms with Crippen LogP contribution in [0.4, 0.5) is 5.69 Å². The molecular formula is C18H22N2OS. The van der Waals surface area contributed by atoms with Crippen LogP contribution in [-0.4, -0.2) is 30.5 Å². The Morgan fingerprint density at radius 2 is 2.05 bits per heavy atom. The largest absolute Gasteiger partial charge is 0.381 e. The minimum atomic E-state index is 0.712. The maximum atomic E-state index is 5.61. The molecule has 2 rings (SSSR count). The predicted molar refractivity (Wildman–Crippen MR) is 96.2 cm³/mol. The highest BCUT2D eigenvalue weighted by Crippen LogP contribution is 2.13. The van der Waals surface area contributed by atoms with Crippen molar-refractivity contribution < 1.29 is 4.74 Å². The summed E-state index contributed by atoms with van der Waals surface area (Å²) in [6, 6.07) is 12.4. The summed E-state index contributed by atoms with van der Waals surface area (Å²) in [5.41, 5.74) is 3.54. The molecule has 0 fully saturated rings. The molecule has 0 bridgehead atoms. The van der Waals surface area contributed by atoms with Crippen molar-refractivity contribution in [1.29, 1.82) is 0 Å². The van der Waals surface area contributed by atoms with Crippen LogP contribution in [0.5, 0.6) is 0 Å². The van der Waals surface area contributed by atoms with Crippen LogP contribution in [0.25, 0.3) is 6.08 Å². The zero-order valence-electron chi connectivity index (χ0n) is 12.7. The number of benzene rings is 1. The van der Waals surface area contributed by atoms with Crippen LogP contribution in [0.3, 0.4) is 0 Å². The van der Waals surface area contributed by atoms with Gasteiger partial charge in [-0.15, -0.1) is 0 Å². The van der Waals surface area contributed by atoms with Gasteiger partial charge < -0.3 is 10.1 Å². The van der Waals surface area contributed by atoms with Crippen molar-refractivity contribution in [1.82, 2.24) is 4.98 Å². The van der Waals surface area contributed by atoms with Gasteiger partial charge in [0.2, 0.25) is 0 Å². The number of rotatable bonds is 10. The van der Waals surface area contributed by atoms with Gasteiger partial charge in [0.15, 0.2) is 0 Å². The van der Waals surface area contributed by atoms with Crippen LogP contribution in [0, 0.1) is 0 Å². The highest BCUT2D eigenvalue weighted by Gasteiger charge is 1.95. The maximum absolute atomic E-state index is 5.61. The van der Waals surface area contributed by atoms with Crippen LogP contribution in [0.1, 0.15) is 11.1 Å². The number of pyridine rings is 1. The minimum Gasteiger partial charge on any atom is -0.381 e. The fraction of sp³-hybridized carbons (Fsp3) is 0.278. The topological polar surface area (TPSA) is 34.1 Å². The molecule has 1 N–H and O–H groups in total. The zero-order chi connectivity index (χ0) is 15.5. The van der Waals surface area contributed by atoms with Gasteiger partial charge in [-0.1, -0.05) is 36.9 Å². The summed E-state index contributed by atoms with van der Waals surface area (Å²) in [7, 11) is 0. The average Bonchev–Trinajstić information content (AvgIpc) is 2.59. The highest BCUT2D eigenvalue weighted by molar-refractivity contribution is 7.98. The number of anilines is 1. The van der Waals surface area contributed by atoms with E-state index in [0.29, 0.717) is 6.61 Å². The van der Waals surface area contributed by atoms with Crippen LogP contribution < -0.4 is 5.32 Å². The second kappa shape index (κ2) is 10.0. The molecule has 0 unspecified atom stereocenters. The molecular weight excluding hydrogens is 292 g/mol. The van der Waals surface area contributed by atoms with Crippen LogP contribution in [-0.2, 0) is 10.5 Å². The Bertz CT molecular complexity index is 543. The van der Waals surface area contributed by atoms with E-state index in [-0.39, 0.29) is 0 Å². The molecule has 0 saturated heterocycles. The van der Waals surface area contributed by atoms with Gasteiger partial charge in [-0.3, -0.25) is 4.98 Å². The molecule has 0 spiro atoms. The molecule has 3 nitrogen and oxygen atoms in total. The van der Waals surface area contributed by atoms with Crippen LogP contribution in [0.2, 0.25) is 0 Å². The molecule has 0 aliphatic rings. The van der Waals surface area contributed by atoms with E-state index < -0.39 is 0 Å². The standard InChI is InChI=1S/C18H22N2OS/c1-2-16-5-7-17(8-6-16)15-22-13-12-21-11-10-20-18-4-3-9-19-14-18/h2-9,14,20H,1,10-13,15H2. The first-order valence-electron chi connectivity index (χ1n) is 7.39. The number of hydrogen-bond acceptors (Lipinski definition) is 4.